The van der Waals surface area contributed by atoms with Crippen LogP contribution < -0.4 is 0 Å². The lowest BCUT2D eigenvalue weighted by atomic mass is 9.85. The molecule has 0 aromatic rings. The first kappa shape index (κ1) is 7.11. The molecule has 0 spiro atoms. The lowest BCUT2D eigenvalue weighted by Gasteiger charge is -2.25. The predicted octanol–water partition coefficient (Wildman–Crippen LogP) is 2.39. The summed E-state index contributed by atoms with van der Waals surface area (Å²) in [7, 11) is 0. The van der Waals surface area contributed by atoms with Gasteiger partial charge in [0.05, 0.1) is 0 Å². The molecule has 0 aromatic heterocycles. The first-order valence-electron chi connectivity index (χ1n) is 3.93. The number of rotatable bonds is 0. The zero-order valence-corrected chi connectivity index (χ0v) is 6.96. The van der Waals surface area contributed by atoms with Gasteiger partial charge in [0.2, 0.25) is 0 Å². The maximum absolute atomic E-state index is 5.96. The Balaban J connectivity index is 2.26. The molecule has 1 unspecified atom stereocenters. The highest BCUT2D eigenvalue weighted by Crippen LogP contribution is 2.28. The van der Waals surface area contributed by atoms with Crippen LogP contribution in [0.4, 0.5) is 0 Å². The van der Waals surface area contributed by atoms with Crippen molar-refractivity contribution in [1.82, 2.24) is 0 Å². The summed E-state index contributed by atoms with van der Waals surface area (Å²) >= 11 is 5.96. The maximum atomic E-state index is 5.96. The van der Waals surface area contributed by atoms with E-state index < -0.39 is 0 Å². The Morgan fingerprint density at radius 3 is 3.00 bits per heavy atom. The summed E-state index contributed by atoms with van der Waals surface area (Å²) < 4.78 is 0. The van der Waals surface area contributed by atoms with E-state index in [4.69, 9.17) is 11.6 Å². The van der Waals surface area contributed by atoms with Crippen molar-refractivity contribution in [3.8, 4) is 0 Å². The highest BCUT2D eigenvalue weighted by atomic mass is 35.5. The molecule has 11 heavy (non-hydrogen) atoms. The monoisotopic (exact) mass is 167 g/mol. The number of nitrogens with zero attached hydrogens (tertiary/aromatic N) is 1. The molecule has 0 amide bonds. The summed E-state index contributed by atoms with van der Waals surface area (Å²) in [6.45, 7) is 0.887. The second kappa shape index (κ2) is 2.82. The number of fused-ring (bicyclic) bond motifs is 1. The molecule has 0 N–H and O–H groups in total. The fourth-order valence-electron chi connectivity index (χ4n) is 1.61. The van der Waals surface area contributed by atoms with Crippen molar-refractivity contribution < 1.29 is 0 Å². The minimum atomic E-state index is 0.371. The van der Waals surface area contributed by atoms with Crippen molar-refractivity contribution in [2.24, 2.45) is 16.8 Å². The summed E-state index contributed by atoms with van der Waals surface area (Å²) in [5.41, 5.74) is 0. The van der Waals surface area contributed by atoms with Crippen LogP contribution in [0.2, 0.25) is 0 Å². The van der Waals surface area contributed by atoms with E-state index in [-0.39, 0.29) is 0 Å². The zero-order chi connectivity index (χ0) is 7.68. The molecular weight excluding hydrogens is 158 g/mol. The Hall–Kier alpha value is -0.560. The third kappa shape index (κ3) is 1.25. The summed E-state index contributed by atoms with van der Waals surface area (Å²) in [5.74, 6) is 0.973. The fourth-order valence-corrected chi connectivity index (χ4v) is 1.93. The molecule has 58 valence electrons. The van der Waals surface area contributed by atoms with Gasteiger partial charge in [0.15, 0.2) is 0 Å². The molecule has 2 rings (SSSR count). The molecule has 1 aliphatic heterocycles. The highest BCUT2D eigenvalue weighted by Gasteiger charge is 2.25. The van der Waals surface area contributed by atoms with Gasteiger partial charge in [0.1, 0.15) is 5.17 Å². The molecule has 1 heterocycles. The second-order valence-corrected chi connectivity index (χ2v) is 3.34. The van der Waals surface area contributed by atoms with E-state index in [2.05, 4.69) is 23.2 Å². The van der Waals surface area contributed by atoms with Gasteiger partial charge in [0, 0.05) is 12.5 Å². The smallest absolute Gasteiger partial charge is 0.108 e. The SMILES string of the molecule is ClC1=NCC[C@@H]2C=CC=CC12. The Labute approximate surface area is 71.5 Å². The van der Waals surface area contributed by atoms with Crippen molar-refractivity contribution >= 4 is 16.8 Å². The molecular formula is C9H10ClN. The van der Waals surface area contributed by atoms with Crippen LogP contribution in [0.3, 0.4) is 0 Å². The van der Waals surface area contributed by atoms with Crippen LogP contribution in [0, 0.1) is 11.8 Å². The highest BCUT2D eigenvalue weighted by molar-refractivity contribution is 6.66. The molecule has 0 radical (unpaired) electrons. The van der Waals surface area contributed by atoms with Crippen LogP contribution in [0.5, 0.6) is 0 Å². The lowest BCUT2D eigenvalue weighted by molar-refractivity contribution is 0.518. The molecule has 2 atom stereocenters. The lowest BCUT2D eigenvalue weighted by Crippen LogP contribution is -2.23. The van der Waals surface area contributed by atoms with Crippen molar-refractivity contribution in [3.05, 3.63) is 24.3 Å². The largest absolute Gasteiger partial charge is 0.277 e. The molecule has 2 heteroatoms. The van der Waals surface area contributed by atoms with E-state index in [1.807, 2.05) is 6.08 Å². The van der Waals surface area contributed by atoms with Gasteiger partial charge >= 0.3 is 0 Å². The van der Waals surface area contributed by atoms with Crippen LogP contribution in [0.1, 0.15) is 6.42 Å². The molecule has 0 fully saturated rings. The minimum absolute atomic E-state index is 0.371. The van der Waals surface area contributed by atoms with Gasteiger partial charge < -0.3 is 0 Å². The van der Waals surface area contributed by atoms with Crippen molar-refractivity contribution in [2.45, 2.75) is 6.42 Å². The van der Waals surface area contributed by atoms with E-state index in [0.717, 1.165) is 18.1 Å². The molecule has 2 aliphatic rings. The van der Waals surface area contributed by atoms with Crippen molar-refractivity contribution in [2.75, 3.05) is 6.54 Å². The molecule has 1 nitrogen and oxygen atoms in total. The van der Waals surface area contributed by atoms with Crippen LogP contribution in [-0.4, -0.2) is 11.7 Å². The topological polar surface area (TPSA) is 12.4 Å². The molecule has 0 saturated heterocycles. The second-order valence-electron chi connectivity index (χ2n) is 2.95. The number of hydrogen-bond acceptors (Lipinski definition) is 1. The van der Waals surface area contributed by atoms with Crippen molar-refractivity contribution in [1.29, 1.82) is 0 Å². The van der Waals surface area contributed by atoms with Crippen LogP contribution in [-0.2, 0) is 0 Å². The molecule has 0 saturated carbocycles. The number of hydrogen-bond donors (Lipinski definition) is 0. The Morgan fingerprint density at radius 2 is 2.18 bits per heavy atom. The number of allylic oxidation sites excluding steroid dienone is 4. The third-order valence-electron chi connectivity index (χ3n) is 2.25. The maximum Gasteiger partial charge on any atom is 0.108 e. The van der Waals surface area contributed by atoms with Crippen LogP contribution in [0.15, 0.2) is 29.3 Å². The van der Waals surface area contributed by atoms with Crippen molar-refractivity contribution in [3.63, 3.8) is 0 Å². The Morgan fingerprint density at radius 1 is 1.36 bits per heavy atom. The Bertz CT molecular complexity index is 240. The zero-order valence-electron chi connectivity index (χ0n) is 6.20. The fraction of sp³-hybridized carbons (Fsp3) is 0.444. The molecule has 0 bridgehead atoms. The van der Waals surface area contributed by atoms with Gasteiger partial charge in [-0.05, 0) is 12.3 Å². The minimum Gasteiger partial charge on any atom is -0.277 e. The first-order chi connectivity index (χ1) is 5.38. The number of aliphatic imine (C=N–C) groups is 1. The quantitative estimate of drug-likeness (QED) is 0.526. The van der Waals surface area contributed by atoms with Crippen LogP contribution in [0.25, 0.3) is 0 Å². The summed E-state index contributed by atoms with van der Waals surface area (Å²) in [5, 5.41) is 0.779. The van der Waals surface area contributed by atoms with E-state index in [1.165, 1.54) is 0 Å². The average Bonchev–Trinajstić information content (AvgIpc) is 2.06. The first-order valence-corrected chi connectivity index (χ1v) is 4.30. The van der Waals surface area contributed by atoms with E-state index in [9.17, 15) is 0 Å². The van der Waals surface area contributed by atoms with E-state index in [0.29, 0.717) is 11.8 Å². The summed E-state index contributed by atoms with van der Waals surface area (Å²) in [6.07, 6.45) is 9.64. The number of halogens is 1. The molecule has 0 aromatic carbocycles. The van der Waals surface area contributed by atoms with E-state index >= 15 is 0 Å². The van der Waals surface area contributed by atoms with E-state index in [1.54, 1.807) is 0 Å². The summed E-state index contributed by atoms with van der Waals surface area (Å²) in [4.78, 5) is 4.21. The van der Waals surface area contributed by atoms with Gasteiger partial charge in [-0.2, -0.15) is 0 Å². The van der Waals surface area contributed by atoms with Gasteiger partial charge in [-0.3, -0.25) is 4.99 Å². The van der Waals surface area contributed by atoms with Gasteiger partial charge in [-0.25, -0.2) is 0 Å². The standard InChI is InChI=1S/C9H10ClN/c10-9-8-4-2-1-3-7(8)5-6-11-9/h1-4,7-8H,5-6H2/t7-,8?/m0/s1. The molecule has 1 aliphatic carbocycles. The van der Waals surface area contributed by atoms with Gasteiger partial charge in [-0.1, -0.05) is 35.9 Å². The van der Waals surface area contributed by atoms with Gasteiger partial charge in [0.25, 0.3) is 0 Å². The Kier molecular flexibility index (Phi) is 1.82. The van der Waals surface area contributed by atoms with Crippen LogP contribution >= 0.6 is 11.6 Å². The predicted molar refractivity (Wildman–Crippen MR) is 48.0 cm³/mol. The normalized spacial score (nSPS) is 34.8. The summed E-state index contributed by atoms with van der Waals surface area (Å²) in [6, 6.07) is 0. The van der Waals surface area contributed by atoms with Gasteiger partial charge in [-0.15, -0.1) is 0 Å². The third-order valence-corrected chi connectivity index (χ3v) is 2.62. The average molecular weight is 168 g/mol.